The van der Waals surface area contributed by atoms with Crippen molar-refractivity contribution < 1.29 is 22.1 Å². The van der Waals surface area contributed by atoms with Crippen LogP contribution >= 0.6 is 11.8 Å². The first kappa shape index (κ1) is 20.1. The van der Waals surface area contributed by atoms with Gasteiger partial charge in [-0.05, 0) is 29.8 Å². The average Bonchev–Trinajstić information content (AvgIpc) is 3.34. The van der Waals surface area contributed by atoms with Crippen LogP contribution in [0.25, 0.3) is 22.7 Å². The van der Waals surface area contributed by atoms with Gasteiger partial charge >= 0.3 is 6.18 Å². The zero-order valence-electron chi connectivity index (χ0n) is 15.3. The topological polar surface area (TPSA) is 56.7 Å². The molecule has 0 N–H and O–H groups in total. The van der Waals surface area contributed by atoms with Gasteiger partial charge in [0.2, 0.25) is 0 Å². The van der Waals surface area contributed by atoms with Gasteiger partial charge in [-0.3, -0.25) is 0 Å². The van der Waals surface area contributed by atoms with Crippen LogP contribution in [-0.2, 0) is 12.3 Å². The molecule has 4 aromatic rings. The lowest BCUT2D eigenvalue weighted by molar-refractivity contribution is -0.141. The van der Waals surface area contributed by atoms with Gasteiger partial charge in [0.05, 0.1) is 17.6 Å². The summed E-state index contributed by atoms with van der Waals surface area (Å²) in [7, 11) is 0. The Morgan fingerprint density at radius 3 is 2.40 bits per heavy atom. The third-order valence-electron chi connectivity index (χ3n) is 4.12. The molecule has 0 aliphatic heterocycles. The smallest absolute Gasteiger partial charge is 0.334 e. The minimum Gasteiger partial charge on any atom is -0.334 e. The van der Waals surface area contributed by atoms with Crippen LogP contribution in [0.2, 0.25) is 0 Å². The fraction of sp³-hybridized carbons (Fsp3) is 0.150. The summed E-state index contributed by atoms with van der Waals surface area (Å²) in [6, 6.07) is 14.3. The molecule has 0 aliphatic carbocycles. The molecule has 0 unspecified atom stereocenters. The Bertz CT molecular complexity index is 1120. The maximum Gasteiger partial charge on any atom is 0.406 e. The Hall–Kier alpha value is -3.14. The highest BCUT2D eigenvalue weighted by atomic mass is 32.2. The minimum absolute atomic E-state index is 0.161. The van der Waals surface area contributed by atoms with Crippen molar-refractivity contribution in [3.63, 3.8) is 0 Å². The number of thioether (sulfide) groups is 1. The third kappa shape index (κ3) is 4.70. The molecule has 0 atom stereocenters. The van der Waals surface area contributed by atoms with Crippen molar-refractivity contribution in [2.75, 3.05) is 0 Å². The second kappa shape index (κ2) is 8.31. The van der Waals surface area contributed by atoms with Gasteiger partial charge in [-0.2, -0.15) is 18.2 Å². The zero-order chi connectivity index (χ0) is 21.1. The Morgan fingerprint density at radius 1 is 0.967 bits per heavy atom. The highest BCUT2D eigenvalue weighted by Gasteiger charge is 2.31. The molecule has 10 heteroatoms. The lowest BCUT2D eigenvalue weighted by Crippen LogP contribution is -2.19. The number of aromatic nitrogens is 4. The fourth-order valence-electron chi connectivity index (χ4n) is 2.80. The molecule has 0 bridgehead atoms. The third-order valence-corrected chi connectivity index (χ3v) is 5.10. The van der Waals surface area contributed by atoms with E-state index in [-0.39, 0.29) is 22.6 Å². The van der Waals surface area contributed by atoms with Crippen LogP contribution in [0.5, 0.6) is 0 Å². The van der Waals surface area contributed by atoms with Crippen molar-refractivity contribution in [2.24, 2.45) is 0 Å². The van der Waals surface area contributed by atoms with Gasteiger partial charge in [-0.1, -0.05) is 47.3 Å². The van der Waals surface area contributed by atoms with Gasteiger partial charge in [0, 0.05) is 5.56 Å². The van der Waals surface area contributed by atoms with Gasteiger partial charge < -0.3 is 9.09 Å². The first-order chi connectivity index (χ1) is 14.4. The summed E-state index contributed by atoms with van der Waals surface area (Å²) in [4.78, 5) is 8.38. The summed E-state index contributed by atoms with van der Waals surface area (Å²) < 4.78 is 58.8. The summed E-state index contributed by atoms with van der Waals surface area (Å²) in [6.07, 6.45) is -2.98. The quantitative estimate of drug-likeness (QED) is 0.292. The molecule has 2 heterocycles. The largest absolute Gasteiger partial charge is 0.406 e. The van der Waals surface area contributed by atoms with Gasteiger partial charge in [0.15, 0.2) is 11.0 Å². The molecule has 30 heavy (non-hydrogen) atoms. The van der Waals surface area contributed by atoms with Crippen LogP contribution < -0.4 is 0 Å². The number of hydrogen-bond acceptors (Lipinski definition) is 5. The molecular formula is C20H14F4N4OS. The van der Waals surface area contributed by atoms with E-state index >= 15 is 0 Å². The fourth-order valence-corrected chi connectivity index (χ4v) is 3.62. The summed E-state index contributed by atoms with van der Waals surface area (Å²) in [6.45, 7) is -1.16. The van der Waals surface area contributed by atoms with Crippen LogP contribution in [0, 0.1) is 5.82 Å². The van der Waals surface area contributed by atoms with Crippen LogP contribution in [-0.4, -0.2) is 25.9 Å². The lowest BCUT2D eigenvalue weighted by Gasteiger charge is -2.13. The summed E-state index contributed by atoms with van der Waals surface area (Å²) in [5.41, 5.74) is 1.56. The monoisotopic (exact) mass is 434 g/mol. The number of nitrogens with zero attached hydrogens (tertiary/aromatic N) is 4. The molecule has 0 amide bonds. The van der Waals surface area contributed by atoms with Crippen molar-refractivity contribution in [1.82, 2.24) is 19.7 Å². The Balaban J connectivity index is 1.55. The molecule has 154 valence electrons. The molecule has 0 radical (unpaired) electrons. The van der Waals surface area contributed by atoms with Crippen molar-refractivity contribution in [3.05, 3.63) is 72.4 Å². The maximum atomic E-state index is 13.2. The highest BCUT2D eigenvalue weighted by Crippen LogP contribution is 2.31. The Morgan fingerprint density at radius 2 is 1.70 bits per heavy atom. The van der Waals surface area contributed by atoms with E-state index in [2.05, 4.69) is 15.1 Å². The van der Waals surface area contributed by atoms with Gasteiger partial charge in [-0.25, -0.2) is 9.37 Å². The minimum atomic E-state index is -4.40. The van der Waals surface area contributed by atoms with Crippen molar-refractivity contribution in [1.29, 1.82) is 0 Å². The first-order valence-corrected chi connectivity index (χ1v) is 9.76. The molecule has 5 nitrogen and oxygen atoms in total. The normalized spacial score (nSPS) is 11.7. The number of hydrogen-bond donors (Lipinski definition) is 0. The van der Waals surface area contributed by atoms with E-state index in [4.69, 9.17) is 4.52 Å². The van der Waals surface area contributed by atoms with Gasteiger partial charge in [-0.15, -0.1) is 0 Å². The predicted octanol–water partition coefficient (Wildman–Crippen LogP) is 5.59. The molecule has 0 saturated heterocycles. The van der Waals surface area contributed by atoms with E-state index in [9.17, 15) is 17.6 Å². The number of halogens is 4. The van der Waals surface area contributed by atoms with Crippen molar-refractivity contribution in [2.45, 2.75) is 23.6 Å². The molecule has 2 aromatic heterocycles. The van der Waals surface area contributed by atoms with E-state index in [1.807, 2.05) is 0 Å². The second-order valence-corrected chi connectivity index (χ2v) is 7.25. The maximum absolute atomic E-state index is 13.2. The highest BCUT2D eigenvalue weighted by molar-refractivity contribution is 7.98. The summed E-state index contributed by atoms with van der Waals surface area (Å²) >= 11 is 1.07. The average molecular weight is 434 g/mol. The number of imidazole rings is 1. The lowest BCUT2D eigenvalue weighted by atomic mass is 10.2. The number of rotatable bonds is 6. The van der Waals surface area contributed by atoms with E-state index in [1.165, 1.54) is 30.5 Å². The van der Waals surface area contributed by atoms with Crippen molar-refractivity contribution >= 4 is 11.8 Å². The van der Waals surface area contributed by atoms with Gasteiger partial charge in [0.1, 0.15) is 12.4 Å². The predicted molar refractivity (Wildman–Crippen MR) is 103 cm³/mol. The standard InChI is InChI=1S/C20H14F4N4OS/c21-15-8-6-14(7-9-15)18-26-17(27-29-18)11-30-19-25-10-16(13-4-2-1-3-5-13)28(19)12-20(22,23)24/h1-10H,11-12H2. The van der Waals surface area contributed by atoms with Crippen LogP contribution in [0.4, 0.5) is 17.6 Å². The number of benzene rings is 2. The molecular weight excluding hydrogens is 420 g/mol. The SMILES string of the molecule is Fc1ccc(-c2nc(CSc3ncc(-c4ccccc4)n3CC(F)(F)F)no2)cc1. The first-order valence-electron chi connectivity index (χ1n) is 8.78. The van der Waals surface area contributed by atoms with Crippen LogP contribution in [0.3, 0.4) is 0 Å². The van der Waals surface area contributed by atoms with Crippen molar-refractivity contribution in [3.8, 4) is 22.7 Å². The molecule has 2 aromatic carbocycles. The van der Waals surface area contributed by atoms with Crippen LogP contribution in [0.1, 0.15) is 5.82 Å². The van der Waals surface area contributed by atoms with E-state index in [0.29, 0.717) is 22.6 Å². The Labute approximate surface area is 172 Å². The molecule has 0 saturated carbocycles. The number of alkyl halides is 3. The van der Waals surface area contributed by atoms with E-state index in [0.717, 1.165) is 16.3 Å². The molecule has 0 aliphatic rings. The van der Waals surface area contributed by atoms with Gasteiger partial charge in [0.25, 0.3) is 5.89 Å². The summed E-state index contributed by atoms with van der Waals surface area (Å²) in [5.74, 6) is 0.268. The molecule has 4 rings (SSSR count). The molecule has 0 fully saturated rings. The van der Waals surface area contributed by atoms with E-state index < -0.39 is 12.7 Å². The van der Waals surface area contributed by atoms with Crippen LogP contribution in [0.15, 0.2) is 70.5 Å². The molecule has 0 spiro atoms. The second-order valence-electron chi connectivity index (χ2n) is 6.30. The van der Waals surface area contributed by atoms with E-state index in [1.54, 1.807) is 30.3 Å². The Kier molecular flexibility index (Phi) is 5.58. The summed E-state index contributed by atoms with van der Waals surface area (Å²) in [5, 5.41) is 4.03. The zero-order valence-corrected chi connectivity index (χ0v) is 16.1.